The molecule has 1 atom stereocenters. The van der Waals surface area contributed by atoms with Crippen molar-refractivity contribution in [2.24, 2.45) is 5.92 Å². The molecule has 0 radical (unpaired) electrons. The highest BCUT2D eigenvalue weighted by Gasteiger charge is 2.17. The summed E-state index contributed by atoms with van der Waals surface area (Å²) in [5, 5.41) is 0. The van der Waals surface area contributed by atoms with Crippen LogP contribution in [0.3, 0.4) is 0 Å². The zero-order valence-electron chi connectivity index (χ0n) is 12.9. The average molecular weight is 284 g/mol. The van der Waals surface area contributed by atoms with Crippen LogP contribution < -0.4 is 0 Å². The molecule has 1 unspecified atom stereocenters. The Labute approximate surface area is 127 Å². The first-order valence-corrected chi connectivity index (χ1v) is 7.60. The Hall–Kier alpha value is -1.64. The predicted octanol–water partition coefficient (Wildman–Crippen LogP) is 4.79. The van der Waals surface area contributed by atoms with E-state index in [-0.39, 0.29) is 6.29 Å². The SMILES string of the molecule is CCC(C)C(OCc1ccccc1)OCc1ccccc1. The first-order valence-electron chi connectivity index (χ1n) is 7.60. The largest absolute Gasteiger partial charge is 0.348 e. The lowest BCUT2D eigenvalue weighted by molar-refractivity contribution is -0.183. The molecule has 2 heteroatoms. The van der Waals surface area contributed by atoms with Crippen molar-refractivity contribution in [2.75, 3.05) is 0 Å². The van der Waals surface area contributed by atoms with E-state index < -0.39 is 0 Å². The maximum absolute atomic E-state index is 5.98. The predicted molar refractivity (Wildman–Crippen MR) is 85.7 cm³/mol. The van der Waals surface area contributed by atoms with Gasteiger partial charge in [0.15, 0.2) is 6.29 Å². The van der Waals surface area contributed by atoms with Gasteiger partial charge in [-0.05, 0) is 17.5 Å². The number of ether oxygens (including phenoxy) is 2. The van der Waals surface area contributed by atoms with Crippen LogP contribution in [-0.2, 0) is 22.7 Å². The van der Waals surface area contributed by atoms with E-state index in [0.717, 1.165) is 6.42 Å². The van der Waals surface area contributed by atoms with Gasteiger partial charge in [-0.15, -0.1) is 0 Å². The minimum Gasteiger partial charge on any atom is -0.348 e. The summed E-state index contributed by atoms with van der Waals surface area (Å²) in [4.78, 5) is 0. The third kappa shape index (κ3) is 5.33. The summed E-state index contributed by atoms with van der Waals surface area (Å²) in [6.07, 6.45) is 0.865. The summed E-state index contributed by atoms with van der Waals surface area (Å²) >= 11 is 0. The fourth-order valence-electron chi connectivity index (χ4n) is 2.07. The lowest BCUT2D eigenvalue weighted by Gasteiger charge is -2.24. The molecule has 0 fully saturated rings. The standard InChI is InChI=1S/C19H24O2/c1-3-16(2)19(20-14-17-10-6-4-7-11-17)21-15-18-12-8-5-9-13-18/h4-13,16,19H,3,14-15H2,1-2H3. The maximum atomic E-state index is 5.98. The fraction of sp³-hybridized carbons (Fsp3) is 0.368. The fourth-order valence-corrected chi connectivity index (χ4v) is 2.07. The second kappa shape index (κ2) is 8.60. The van der Waals surface area contributed by atoms with Crippen LogP contribution in [0.5, 0.6) is 0 Å². The normalized spacial score (nSPS) is 12.5. The summed E-state index contributed by atoms with van der Waals surface area (Å²) in [6.45, 7) is 5.51. The van der Waals surface area contributed by atoms with E-state index in [2.05, 4.69) is 38.1 Å². The topological polar surface area (TPSA) is 18.5 Å². The highest BCUT2D eigenvalue weighted by Crippen LogP contribution is 2.17. The Morgan fingerprint density at radius 2 is 1.19 bits per heavy atom. The molecule has 0 spiro atoms. The smallest absolute Gasteiger partial charge is 0.160 e. The van der Waals surface area contributed by atoms with Crippen molar-refractivity contribution in [3.05, 3.63) is 71.8 Å². The van der Waals surface area contributed by atoms with Gasteiger partial charge in [0.2, 0.25) is 0 Å². The van der Waals surface area contributed by atoms with Crippen LogP contribution >= 0.6 is 0 Å². The van der Waals surface area contributed by atoms with Crippen molar-refractivity contribution < 1.29 is 9.47 Å². The van der Waals surface area contributed by atoms with Gasteiger partial charge in [-0.2, -0.15) is 0 Å². The Balaban J connectivity index is 1.88. The molecule has 0 heterocycles. The lowest BCUT2D eigenvalue weighted by Crippen LogP contribution is -2.24. The lowest BCUT2D eigenvalue weighted by atomic mass is 10.1. The summed E-state index contributed by atoms with van der Waals surface area (Å²) in [5.74, 6) is 0.373. The molecule has 2 aromatic carbocycles. The molecule has 0 bridgehead atoms. The third-order valence-corrected chi connectivity index (χ3v) is 3.62. The molecular formula is C19H24O2. The summed E-state index contributed by atoms with van der Waals surface area (Å²) in [5.41, 5.74) is 2.35. The van der Waals surface area contributed by atoms with E-state index >= 15 is 0 Å². The molecule has 21 heavy (non-hydrogen) atoms. The molecule has 2 nitrogen and oxygen atoms in total. The van der Waals surface area contributed by atoms with Gasteiger partial charge in [0.1, 0.15) is 0 Å². The molecule has 0 aliphatic carbocycles. The van der Waals surface area contributed by atoms with E-state index in [0.29, 0.717) is 19.1 Å². The molecular weight excluding hydrogens is 260 g/mol. The Morgan fingerprint density at radius 3 is 1.57 bits per heavy atom. The molecule has 0 saturated carbocycles. The van der Waals surface area contributed by atoms with Crippen LogP contribution in [-0.4, -0.2) is 6.29 Å². The third-order valence-electron chi connectivity index (χ3n) is 3.62. The van der Waals surface area contributed by atoms with Crippen LogP contribution in [0.1, 0.15) is 31.4 Å². The molecule has 112 valence electrons. The molecule has 2 rings (SSSR count). The van der Waals surface area contributed by atoms with Gasteiger partial charge < -0.3 is 9.47 Å². The van der Waals surface area contributed by atoms with Gasteiger partial charge in [0, 0.05) is 5.92 Å². The summed E-state index contributed by atoms with van der Waals surface area (Å²) < 4.78 is 12.0. The van der Waals surface area contributed by atoms with Gasteiger partial charge in [0.05, 0.1) is 13.2 Å². The van der Waals surface area contributed by atoms with Crippen molar-refractivity contribution in [1.82, 2.24) is 0 Å². The van der Waals surface area contributed by atoms with Crippen molar-refractivity contribution in [1.29, 1.82) is 0 Å². The van der Waals surface area contributed by atoms with Gasteiger partial charge in [-0.1, -0.05) is 74.5 Å². The van der Waals surface area contributed by atoms with Crippen molar-refractivity contribution in [2.45, 2.75) is 39.8 Å². The van der Waals surface area contributed by atoms with Crippen LogP contribution in [0, 0.1) is 5.92 Å². The second-order valence-corrected chi connectivity index (χ2v) is 5.35. The second-order valence-electron chi connectivity index (χ2n) is 5.35. The number of benzene rings is 2. The van der Waals surface area contributed by atoms with Crippen molar-refractivity contribution >= 4 is 0 Å². The highest BCUT2D eigenvalue weighted by atomic mass is 16.7. The van der Waals surface area contributed by atoms with Gasteiger partial charge in [-0.25, -0.2) is 0 Å². The van der Waals surface area contributed by atoms with Gasteiger partial charge in [0.25, 0.3) is 0 Å². The molecule has 0 saturated heterocycles. The molecule has 0 aromatic heterocycles. The molecule has 0 aliphatic rings. The zero-order chi connectivity index (χ0) is 14.9. The zero-order valence-corrected chi connectivity index (χ0v) is 12.9. The van der Waals surface area contributed by atoms with Crippen LogP contribution in [0.2, 0.25) is 0 Å². The number of hydrogen-bond donors (Lipinski definition) is 0. The van der Waals surface area contributed by atoms with Gasteiger partial charge >= 0.3 is 0 Å². The molecule has 2 aromatic rings. The van der Waals surface area contributed by atoms with E-state index in [1.807, 2.05) is 36.4 Å². The maximum Gasteiger partial charge on any atom is 0.160 e. The monoisotopic (exact) mass is 284 g/mol. The Morgan fingerprint density at radius 1 is 0.762 bits per heavy atom. The van der Waals surface area contributed by atoms with E-state index in [9.17, 15) is 0 Å². The number of hydrogen-bond acceptors (Lipinski definition) is 2. The van der Waals surface area contributed by atoms with E-state index in [1.54, 1.807) is 0 Å². The van der Waals surface area contributed by atoms with Crippen molar-refractivity contribution in [3.8, 4) is 0 Å². The first-order chi connectivity index (χ1) is 10.3. The summed E-state index contributed by atoms with van der Waals surface area (Å²) in [7, 11) is 0. The van der Waals surface area contributed by atoms with Crippen LogP contribution in [0.25, 0.3) is 0 Å². The minimum atomic E-state index is -0.171. The highest BCUT2D eigenvalue weighted by molar-refractivity contribution is 5.14. The quantitative estimate of drug-likeness (QED) is 0.649. The summed E-state index contributed by atoms with van der Waals surface area (Å²) in [6, 6.07) is 20.4. The minimum absolute atomic E-state index is 0.171. The average Bonchev–Trinajstić information content (AvgIpc) is 2.56. The molecule has 0 aliphatic heterocycles. The van der Waals surface area contributed by atoms with E-state index in [4.69, 9.17) is 9.47 Å². The van der Waals surface area contributed by atoms with Crippen molar-refractivity contribution in [3.63, 3.8) is 0 Å². The Bertz CT molecular complexity index is 452. The Kier molecular flexibility index (Phi) is 6.45. The van der Waals surface area contributed by atoms with Crippen LogP contribution in [0.4, 0.5) is 0 Å². The van der Waals surface area contributed by atoms with Crippen LogP contribution in [0.15, 0.2) is 60.7 Å². The van der Waals surface area contributed by atoms with E-state index in [1.165, 1.54) is 11.1 Å². The molecule has 0 amide bonds. The molecule has 0 N–H and O–H groups in total. The van der Waals surface area contributed by atoms with Gasteiger partial charge in [-0.3, -0.25) is 0 Å². The first kappa shape index (κ1) is 15.7. The number of rotatable bonds is 8.